The number of benzene rings is 2. The monoisotopic (exact) mass is 315 g/mol. The fraction of sp³-hybridized carbons (Fsp3) is 0.333. The lowest BCUT2D eigenvalue weighted by molar-refractivity contribution is 0.171. The van der Waals surface area contributed by atoms with Crippen molar-refractivity contribution in [1.82, 2.24) is 4.90 Å². The quantitative estimate of drug-likeness (QED) is 0.844. The smallest absolute Gasteiger partial charge is 0.179 e. The van der Waals surface area contributed by atoms with Gasteiger partial charge in [-0.3, -0.25) is 4.90 Å². The second-order valence-electron chi connectivity index (χ2n) is 5.83. The Morgan fingerprint density at radius 2 is 1.86 bits per heavy atom. The lowest BCUT2D eigenvalue weighted by atomic mass is 9.99. The summed E-state index contributed by atoms with van der Waals surface area (Å²) in [6.07, 6.45) is 1.11. The molecule has 0 atom stereocenters. The van der Waals surface area contributed by atoms with Gasteiger partial charge in [0.05, 0.1) is 5.02 Å². The van der Waals surface area contributed by atoms with E-state index < -0.39 is 0 Å². The fourth-order valence-corrected chi connectivity index (χ4v) is 3.49. The third-order valence-corrected chi connectivity index (χ3v) is 4.55. The van der Waals surface area contributed by atoms with Crippen molar-refractivity contribution in [2.45, 2.75) is 19.5 Å². The molecule has 4 heteroatoms. The molecular formula is C18H18ClNO2. The van der Waals surface area contributed by atoms with E-state index in [2.05, 4.69) is 35.2 Å². The molecule has 3 nitrogen and oxygen atoms in total. The Kier molecular flexibility index (Phi) is 3.68. The molecule has 0 spiro atoms. The summed E-state index contributed by atoms with van der Waals surface area (Å²) in [6.45, 7) is 4.09. The van der Waals surface area contributed by atoms with Crippen molar-refractivity contribution in [3.63, 3.8) is 0 Å². The van der Waals surface area contributed by atoms with Crippen LogP contribution in [0.1, 0.15) is 16.7 Å². The van der Waals surface area contributed by atoms with Gasteiger partial charge in [0, 0.05) is 19.6 Å². The SMILES string of the molecule is Clc1cc(CN2CCc3ccccc3C2)cc2c1OCCO2. The molecular weight excluding hydrogens is 298 g/mol. The van der Waals surface area contributed by atoms with Crippen LogP contribution in [0.3, 0.4) is 0 Å². The molecule has 0 radical (unpaired) electrons. The molecule has 0 aromatic heterocycles. The largest absolute Gasteiger partial charge is 0.486 e. The van der Waals surface area contributed by atoms with E-state index >= 15 is 0 Å². The summed E-state index contributed by atoms with van der Waals surface area (Å²) in [5, 5.41) is 0.643. The molecule has 2 heterocycles. The minimum atomic E-state index is 0.564. The van der Waals surface area contributed by atoms with Crippen LogP contribution in [-0.4, -0.2) is 24.7 Å². The minimum absolute atomic E-state index is 0.564. The Morgan fingerprint density at radius 3 is 2.77 bits per heavy atom. The lowest BCUT2D eigenvalue weighted by Gasteiger charge is -2.29. The van der Waals surface area contributed by atoms with Gasteiger partial charge in [-0.1, -0.05) is 35.9 Å². The average Bonchev–Trinajstić information content (AvgIpc) is 2.55. The number of hydrogen-bond donors (Lipinski definition) is 0. The second-order valence-corrected chi connectivity index (χ2v) is 6.24. The van der Waals surface area contributed by atoms with Crippen molar-refractivity contribution in [3.8, 4) is 11.5 Å². The minimum Gasteiger partial charge on any atom is -0.486 e. The number of hydrogen-bond acceptors (Lipinski definition) is 3. The highest BCUT2D eigenvalue weighted by Crippen LogP contribution is 2.38. The highest BCUT2D eigenvalue weighted by Gasteiger charge is 2.19. The van der Waals surface area contributed by atoms with E-state index in [9.17, 15) is 0 Å². The summed E-state index contributed by atoms with van der Waals surface area (Å²) < 4.78 is 11.2. The zero-order valence-electron chi connectivity index (χ0n) is 12.3. The zero-order valence-corrected chi connectivity index (χ0v) is 13.1. The summed E-state index contributed by atoms with van der Waals surface area (Å²) in [7, 11) is 0. The lowest BCUT2D eigenvalue weighted by Crippen LogP contribution is -2.30. The number of nitrogens with zero attached hydrogens (tertiary/aromatic N) is 1. The Morgan fingerprint density at radius 1 is 1.05 bits per heavy atom. The maximum atomic E-state index is 6.32. The van der Waals surface area contributed by atoms with Gasteiger partial charge in [-0.2, -0.15) is 0 Å². The van der Waals surface area contributed by atoms with E-state index in [1.807, 2.05) is 6.07 Å². The number of ether oxygens (including phenoxy) is 2. The van der Waals surface area contributed by atoms with Crippen LogP contribution in [0.25, 0.3) is 0 Å². The second kappa shape index (κ2) is 5.82. The van der Waals surface area contributed by atoms with Gasteiger partial charge in [0.25, 0.3) is 0 Å². The molecule has 2 aromatic carbocycles. The number of fused-ring (bicyclic) bond motifs is 2. The Labute approximate surface area is 135 Å². The standard InChI is InChI=1S/C18H18ClNO2/c19-16-9-13(10-17-18(16)22-8-7-21-17)11-20-6-5-14-3-1-2-4-15(14)12-20/h1-4,9-10H,5-8,11-12H2. The topological polar surface area (TPSA) is 21.7 Å². The molecule has 0 saturated heterocycles. The van der Waals surface area contributed by atoms with Crippen LogP contribution in [0.5, 0.6) is 11.5 Å². The molecule has 2 aromatic rings. The van der Waals surface area contributed by atoms with Gasteiger partial charge in [-0.05, 0) is 35.2 Å². The summed E-state index contributed by atoms with van der Waals surface area (Å²) in [5.74, 6) is 1.45. The summed E-state index contributed by atoms with van der Waals surface area (Å²) in [5.41, 5.74) is 4.07. The van der Waals surface area contributed by atoms with Gasteiger partial charge < -0.3 is 9.47 Å². The zero-order chi connectivity index (χ0) is 14.9. The van der Waals surface area contributed by atoms with E-state index in [4.69, 9.17) is 21.1 Å². The highest BCUT2D eigenvalue weighted by molar-refractivity contribution is 6.32. The molecule has 0 bridgehead atoms. The van der Waals surface area contributed by atoms with Crippen LogP contribution < -0.4 is 9.47 Å². The molecule has 2 aliphatic rings. The number of halogens is 1. The maximum absolute atomic E-state index is 6.32. The third kappa shape index (κ3) is 2.67. The van der Waals surface area contributed by atoms with Crippen LogP contribution in [-0.2, 0) is 19.5 Å². The maximum Gasteiger partial charge on any atom is 0.179 e. The van der Waals surface area contributed by atoms with Crippen molar-refractivity contribution >= 4 is 11.6 Å². The van der Waals surface area contributed by atoms with Crippen molar-refractivity contribution in [1.29, 1.82) is 0 Å². The van der Waals surface area contributed by atoms with Gasteiger partial charge in [0.2, 0.25) is 0 Å². The highest BCUT2D eigenvalue weighted by atomic mass is 35.5. The molecule has 0 unspecified atom stereocenters. The van der Waals surface area contributed by atoms with E-state index in [-0.39, 0.29) is 0 Å². The van der Waals surface area contributed by atoms with Gasteiger partial charge in [0.1, 0.15) is 13.2 Å². The molecule has 0 aliphatic carbocycles. The summed E-state index contributed by atoms with van der Waals surface area (Å²) >= 11 is 6.32. The predicted molar refractivity (Wildman–Crippen MR) is 86.7 cm³/mol. The van der Waals surface area contributed by atoms with Crippen molar-refractivity contribution < 1.29 is 9.47 Å². The van der Waals surface area contributed by atoms with E-state index in [1.54, 1.807) is 0 Å². The molecule has 2 aliphatic heterocycles. The van der Waals surface area contributed by atoms with Crippen molar-refractivity contribution in [2.24, 2.45) is 0 Å². The van der Waals surface area contributed by atoms with Crippen molar-refractivity contribution in [3.05, 3.63) is 58.1 Å². The first-order chi connectivity index (χ1) is 10.8. The normalized spacial score (nSPS) is 17.1. The van der Waals surface area contributed by atoms with Crippen LogP contribution in [0, 0.1) is 0 Å². The van der Waals surface area contributed by atoms with Crippen LogP contribution in [0.4, 0.5) is 0 Å². The molecule has 0 fully saturated rings. The van der Waals surface area contributed by atoms with Gasteiger partial charge in [0.15, 0.2) is 11.5 Å². The first-order valence-electron chi connectivity index (χ1n) is 7.67. The molecule has 4 rings (SSSR count). The van der Waals surface area contributed by atoms with Gasteiger partial charge in [-0.15, -0.1) is 0 Å². The first-order valence-corrected chi connectivity index (χ1v) is 8.04. The Hall–Kier alpha value is -1.71. The molecule has 0 saturated carbocycles. The van der Waals surface area contributed by atoms with Crippen LogP contribution >= 0.6 is 11.6 Å². The van der Waals surface area contributed by atoms with Crippen LogP contribution in [0.15, 0.2) is 36.4 Å². The molecule has 0 amide bonds. The predicted octanol–water partition coefficient (Wildman–Crippen LogP) is 3.67. The molecule has 0 N–H and O–H groups in total. The van der Waals surface area contributed by atoms with E-state index in [0.29, 0.717) is 24.0 Å². The van der Waals surface area contributed by atoms with Crippen molar-refractivity contribution in [2.75, 3.05) is 19.8 Å². The van der Waals surface area contributed by atoms with Gasteiger partial charge in [-0.25, -0.2) is 0 Å². The number of rotatable bonds is 2. The first kappa shape index (κ1) is 13.9. The van der Waals surface area contributed by atoms with Gasteiger partial charge >= 0.3 is 0 Å². The third-order valence-electron chi connectivity index (χ3n) is 4.27. The summed E-state index contributed by atoms with van der Waals surface area (Å²) in [4.78, 5) is 2.45. The Balaban J connectivity index is 1.54. The molecule has 114 valence electrons. The van der Waals surface area contributed by atoms with E-state index in [0.717, 1.165) is 31.8 Å². The van der Waals surface area contributed by atoms with Crippen LogP contribution in [0.2, 0.25) is 5.02 Å². The summed E-state index contributed by atoms with van der Waals surface area (Å²) in [6, 6.07) is 12.7. The molecule has 22 heavy (non-hydrogen) atoms. The fourth-order valence-electron chi connectivity index (χ4n) is 3.20. The Bertz CT molecular complexity index is 701. The van der Waals surface area contributed by atoms with E-state index in [1.165, 1.54) is 16.7 Å². The average molecular weight is 316 g/mol.